The van der Waals surface area contributed by atoms with Gasteiger partial charge in [0.25, 0.3) is 0 Å². The molecule has 1 fully saturated rings. The lowest BCUT2D eigenvalue weighted by molar-refractivity contribution is -0.138. The normalized spacial score (nSPS) is 19.4. The quantitative estimate of drug-likeness (QED) is 0.739. The predicted octanol–water partition coefficient (Wildman–Crippen LogP) is 3.27. The van der Waals surface area contributed by atoms with Gasteiger partial charge >= 0.3 is 12.3 Å². The van der Waals surface area contributed by atoms with Gasteiger partial charge in [-0.05, 0) is 29.7 Å². The molecule has 0 saturated carbocycles. The zero-order valence-corrected chi connectivity index (χ0v) is 15.1. The van der Waals surface area contributed by atoms with Crippen LogP contribution in [0, 0.1) is 5.82 Å². The molecule has 1 amide bonds. The van der Waals surface area contributed by atoms with Crippen molar-refractivity contribution in [2.24, 2.45) is 0 Å². The first-order chi connectivity index (χ1) is 13.7. The van der Waals surface area contributed by atoms with E-state index in [0.29, 0.717) is 38.4 Å². The second kappa shape index (κ2) is 7.14. The molecule has 1 atom stereocenters. The molecule has 1 aromatic carbocycles. The summed E-state index contributed by atoms with van der Waals surface area (Å²) in [7, 11) is 0. The number of rotatable bonds is 2. The Hall–Kier alpha value is -2.95. The highest BCUT2D eigenvalue weighted by Crippen LogP contribution is 2.36. The topological polar surface area (TPSA) is 81.6 Å². The van der Waals surface area contributed by atoms with E-state index < -0.39 is 23.7 Å². The molecule has 1 aromatic heterocycles. The molecule has 154 valence electrons. The third-order valence-corrected chi connectivity index (χ3v) is 5.24. The Labute approximate surface area is 163 Å². The van der Waals surface area contributed by atoms with Crippen molar-refractivity contribution in [3.63, 3.8) is 0 Å². The Bertz CT molecular complexity index is 935. The van der Waals surface area contributed by atoms with E-state index >= 15 is 0 Å². The largest absolute Gasteiger partial charge is 0.465 e. The van der Waals surface area contributed by atoms with Crippen LogP contribution < -0.4 is 5.32 Å². The van der Waals surface area contributed by atoms with Crippen LogP contribution in [0.15, 0.2) is 24.5 Å². The molecule has 2 aromatic rings. The zero-order valence-electron chi connectivity index (χ0n) is 15.1. The van der Waals surface area contributed by atoms with Crippen LogP contribution in [0.1, 0.15) is 22.7 Å². The number of nitrogens with one attached hydrogen (secondary N) is 1. The van der Waals surface area contributed by atoms with Crippen LogP contribution in [0.25, 0.3) is 0 Å². The first kappa shape index (κ1) is 19.4. The average molecular weight is 411 g/mol. The van der Waals surface area contributed by atoms with Crippen LogP contribution in [-0.4, -0.2) is 57.1 Å². The first-order valence-corrected chi connectivity index (χ1v) is 8.93. The zero-order chi connectivity index (χ0) is 20.8. The Kier molecular flexibility index (Phi) is 4.77. The van der Waals surface area contributed by atoms with Crippen molar-refractivity contribution in [3.05, 3.63) is 47.0 Å². The van der Waals surface area contributed by atoms with Crippen LogP contribution in [0.3, 0.4) is 0 Å². The number of amides is 1. The van der Waals surface area contributed by atoms with Crippen LogP contribution in [0.2, 0.25) is 0 Å². The van der Waals surface area contributed by atoms with E-state index in [1.807, 2.05) is 0 Å². The van der Waals surface area contributed by atoms with Gasteiger partial charge in [-0.25, -0.2) is 19.2 Å². The fraction of sp³-hybridized carbons (Fsp3) is 0.389. The summed E-state index contributed by atoms with van der Waals surface area (Å²) in [5.41, 5.74) is 0.644. The van der Waals surface area contributed by atoms with Crippen molar-refractivity contribution in [1.29, 1.82) is 0 Å². The van der Waals surface area contributed by atoms with Gasteiger partial charge in [0.1, 0.15) is 5.82 Å². The molecule has 7 nitrogen and oxygen atoms in total. The number of nitrogens with zero attached hydrogens (tertiary/aromatic N) is 4. The molecule has 4 rings (SSSR count). The highest BCUT2D eigenvalue weighted by molar-refractivity contribution is 5.65. The van der Waals surface area contributed by atoms with Crippen LogP contribution in [0.5, 0.6) is 0 Å². The number of benzene rings is 1. The minimum absolute atomic E-state index is 0.0582. The summed E-state index contributed by atoms with van der Waals surface area (Å²) in [6.45, 7) is 1.97. The molecular formula is C18H17F4N5O2. The molecular weight excluding hydrogens is 394 g/mol. The van der Waals surface area contributed by atoms with Gasteiger partial charge in [0, 0.05) is 38.6 Å². The maximum atomic E-state index is 14.7. The molecule has 2 aliphatic heterocycles. The van der Waals surface area contributed by atoms with Gasteiger partial charge in [0.2, 0.25) is 5.95 Å². The molecule has 11 heteroatoms. The van der Waals surface area contributed by atoms with E-state index in [-0.39, 0.29) is 24.2 Å². The molecule has 2 N–H and O–H groups in total. The van der Waals surface area contributed by atoms with E-state index in [0.717, 1.165) is 11.1 Å². The number of carbonyl (C=O) groups is 1. The summed E-state index contributed by atoms with van der Waals surface area (Å²) < 4.78 is 52.5. The van der Waals surface area contributed by atoms with Gasteiger partial charge < -0.3 is 15.3 Å². The number of aromatic nitrogens is 2. The van der Waals surface area contributed by atoms with Crippen molar-refractivity contribution in [2.45, 2.75) is 18.6 Å². The van der Waals surface area contributed by atoms with E-state index in [1.165, 1.54) is 11.0 Å². The highest BCUT2D eigenvalue weighted by atomic mass is 19.4. The molecule has 29 heavy (non-hydrogen) atoms. The molecule has 0 spiro atoms. The van der Waals surface area contributed by atoms with Crippen molar-refractivity contribution >= 4 is 17.7 Å². The number of halogens is 4. The second-order valence-electron chi connectivity index (χ2n) is 6.98. The first-order valence-electron chi connectivity index (χ1n) is 8.93. The highest BCUT2D eigenvalue weighted by Gasteiger charge is 2.35. The molecule has 0 bridgehead atoms. The van der Waals surface area contributed by atoms with Gasteiger partial charge in [-0.3, -0.25) is 4.90 Å². The molecule has 0 aliphatic carbocycles. The number of anilines is 2. The number of alkyl halides is 3. The molecule has 2 aliphatic rings. The fourth-order valence-corrected chi connectivity index (χ4v) is 3.74. The second-order valence-corrected chi connectivity index (χ2v) is 6.98. The summed E-state index contributed by atoms with van der Waals surface area (Å²) in [4.78, 5) is 21.9. The van der Waals surface area contributed by atoms with Gasteiger partial charge in [-0.1, -0.05) is 0 Å². The Balaban J connectivity index is 1.58. The SMILES string of the molecule is O=C(O)N1CCN2CCc3cc(Nc4ncc(C(F)(F)F)cn4)c(F)cc3[C@@H]2C1. The van der Waals surface area contributed by atoms with Crippen LogP contribution in [-0.2, 0) is 12.6 Å². The third-order valence-electron chi connectivity index (χ3n) is 5.24. The lowest BCUT2D eigenvalue weighted by Gasteiger charge is -2.44. The van der Waals surface area contributed by atoms with E-state index in [2.05, 4.69) is 20.2 Å². The van der Waals surface area contributed by atoms with Crippen molar-refractivity contribution in [3.8, 4) is 0 Å². The molecule has 1 saturated heterocycles. The van der Waals surface area contributed by atoms with Gasteiger partial charge in [-0.15, -0.1) is 0 Å². The van der Waals surface area contributed by atoms with E-state index in [1.54, 1.807) is 6.07 Å². The summed E-state index contributed by atoms with van der Waals surface area (Å²) in [5, 5.41) is 11.9. The summed E-state index contributed by atoms with van der Waals surface area (Å²) >= 11 is 0. The van der Waals surface area contributed by atoms with Gasteiger partial charge in [0.15, 0.2) is 0 Å². The molecule has 3 heterocycles. The number of piperazine rings is 1. The standard InChI is InChI=1S/C18H17F4N5O2/c19-13-6-12-10(1-2-26-3-4-27(17(28)29)9-15(12)26)5-14(13)25-16-23-7-11(8-24-16)18(20,21)22/h5-8,15H,1-4,9H2,(H,28,29)(H,23,24,25)/t15-/m0/s1. The van der Waals surface area contributed by atoms with Crippen LogP contribution in [0.4, 0.5) is 34.0 Å². The fourth-order valence-electron chi connectivity index (χ4n) is 3.74. The van der Waals surface area contributed by atoms with E-state index in [9.17, 15) is 27.5 Å². The Morgan fingerprint density at radius 1 is 1.17 bits per heavy atom. The number of hydrogen-bond acceptors (Lipinski definition) is 5. The molecule has 0 unspecified atom stereocenters. The maximum absolute atomic E-state index is 14.7. The summed E-state index contributed by atoms with van der Waals surface area (Å²) in [5.74, 6) is -0.759. The number of carboxylic acid groups (broad SMARTS) is 1. The van der Waals surface area contributed by atoms with Crippen molar-refractivity contribution in [2.75, 3.05) is 31.5 Å². The monoisotopic (exact) mass is 411 g/mol. The van der Waals surface area contributed by atoms with Crippen molar-refractivity contribution < 1.29 is 27.5 Å². The lowest BCUT2D eigenvalue weighted by atomic mass is 9.90. The van der Waals surface area contributed by atoms with Crippen molar-refractivity contribution in [1.82, 2.24) is 19.8 Å². The summed E-state index contributed by atoms with van der Waals surface area (Å²) in [6, 6.07) is 2.71. The predicted molar refractivity (Wildman–Crippen MR) is 94.3 cm³/mol. The Morgan fingerprint density at radius 3 is 2.55 bits per heavy atom. The Morgan fingerprint density at radius 2 is 1.90 bits per heavy atom. The maximum Gasteiger partial charge on any atom is 0.419 e. The average Bonchev–Trinajstić information content (AvgIpc) is 2.68. The van der Waals surface area contributed by atoms with E-state index in [4.69, 9.17) is 0 Å². The lowest BCUT2D eigenvalue weighted by Crippen LogP contribution is -2.52. The number of fused-ring (bicyclic) bond motifs is 3. The minimum Gasteiger partial charge on any atom is -0.465 e. The minimum atomic E-state index is -4.55. The third kappa shape index (κ3) is 3.82. The van der Waals surface area contributed by atoms with Gasteiger partial charge in [-0.2, -0.15) is 13.2 Å². The summed E-state index contributed by atoms with van der Waals surface area (Å²) in [6.07, 6.45) is -3.64. The molecule has 0 radical (unpaired) electrons. The number of hydrogen-bond donors (Lipinski definition) is 2. The smallest absolute Gasteiger partial charge is 0.419 e. The van der Waals surface area contributed by atoms with Crippen LogP contribution >= 0.6 is 0 Å². The van der Waals surface area contributed by atoms with Gasteiger partial charge in [0.05, 0.1) is 17.3 Å².